The Morgan fingerprint density at radius 1 is 1.35 bits per heavy atom. The zero-order chi connectivity index (χ0) is 15.1. The van der Waals surface area contributed by atoms with E-state index < -0.39 is 0 Å². The summed E-state index contributed by atoms with van der Waals surface area (Å²) >= 11 is 3.58. The third-order valence-electron chi connectivity index (χ3n) is 3.32. The van der Waals surface area contributed by atoms with Gasteiger partial charge in [-0.3, -0.25) is 11.3 Å². The van der Waals surface area contributed by atoms with E-state index in [0.717, 1.165) is 22.2 Å². The molecule has 0 fully saturated rings. The fourth-order valence-corrected chi connectivity index (χ4v) is 2.72. The van der Waals surface area contributed by atoms with Crippen molar-refractivity contribution in [3.8, 4) is 5.75 Å². The highest BCUT2D eigenvalue weighted by molar-refractivity contribution is 9.10. The van der Waals surface area contributed by atoms with E-state index in [-0.39, 0.29) is 12.1 Å². The summed E-state index contributed by atoms with van der Waals surface area (Å²) in [7, 11) is 1.67. The number of nitrogens with one attached hydrogen (secondary N) is 1. The fourth-order valence-electron chi connectivity index (χ4n) is 2.31. The molecule has 0 aliphatic heterocycles. The van der Waals surface area contributed by atoms with Crippen LogP contribution in [0.25, 0.3) is 0 Å². The lowest BCUT2D eigenvalue weighted by Crippen LogP contribution is -2.49. The van der Waals surface area contributed by atoms with Crippen LogP contribution in [0.15, 0.2) is 22.7 Å². The minimum Gasteiger partial charge on any atom is -0.497 e. The van der Waals surface area contributed by atoms with Crippen molar-refractivity contribution in [1.29, 1.82) is 0 Å². The molecule has 0 spiro atoms. The van der Waals surface area contributed by atoms with Gasteiger partial charge in [0.05, 0.1) is 19.3 Å². The summed E-state index contributed by atoms with van der Waals surface area (Å²) in [6.45, 7) is 6.97. The summed E-state index contributed by atoms with van der Waals surface area (Å²) in [4.78, 5) is 0. The maximum absolute atomic E-state index is 5.84. The SMILES string of the molecule is CCOC(C(C)C)C(Cc1cc(OC)ccc1Br)NN. The van der Waals surface area contributed by atoms with Crippen LogP contribution in [0, 0.1) is 5.92 Å². The third-order valence-corrected chi connectivity index (χ3v) is 4.09. The molecule has 0 saturated heterocycles. The second-order valence-corrected chi connectivity index (χ2v) is 5.95. The fraction of sp³-hybridized carbons (Fsp3) is 0.600. The lowest BCUT2D eigenvalue weighted by Gasteiger charge is -2.30. The molecule has 2 unspecified atom stereocenters. The summed E-state index contributed by atoms with van der Waals surface area (Å²) < 4.78 is 12.2. The van der Waals surface area contributed by atoms with Gasteiger partial charge in [0.1, 0.15) is 5.75 Å². The first-order valence-corrected chi connectivity index (χ1v) is 7.72. The van der Waals surface area contributed by atoms with Crippen LogP contribution in [0.3, 0.4) is 0 Å². The molecular weight excluding hydrogens is 320 g/mol. The van der Waals surface area contributed by atoms with Crippen LogP contribution < -0.4 is 16.0 Å². The van der Waals surface area contributed by atoms with E-state index in [0.29, 0.717) is 12.5 Å². The summed E-state index contributed by atoms with van der Waals surface area (Å²) in [5.41, 5.74) is 4.05. The first-order valence-electron chi connectivity index (χ1n) is 6.93. The van der Waals surface area contributed by atoms with Gasteiger partial charge in [0, 0.05) is 11.1 Å². The summed E-state index contributed by atoms with van der Waals surface area (Å²) in [5.74, 6) is 6.97. The number of ether oxygens (including phenoxy) is 2. The van der Waals surface area contributed by atoms with E-state index in [1.54, 1.807) is 7.11 Å². The minimum atomic E-state index is 0.0540. The highest BCUT2D eigenvalue weighted by atomic mass is 79.9. The van der Waals surface area contributed by atoms with Crippen LogP contribution in [-0.2, 0) is 11.2 Å². The molecule has 0 aromatic heterocycles. The van der Waals surface area contributed by atoms with Gasteiger partial charge in [-0.2, -0.15) is 0 Å². The van der Waals surface area contributed by atoms with Gasteiger partial charge in [0.2, 0.25) is 0 Å². The molecule has 1 rings (SSSR count). The first kappa shape index (κ1) is 17.4. The van der Waals surface area contributed by atoms with Crippen molar-refractivity contribution in [3.05, 3.63) is 28.2 Å². The Morgan fingerprint density at radius 2 is 2.05 bits per heavy atom. The molecule has 0 amide bonds. The van der Waals surface area contributed by atoms with Crippen molar-refractivity contribution in [2.24, 2.45) is 11.8 Å². The van der Waals surface area contributed by atoms with E-state index in [2.05, 4.69) is 35.2 Å². The van der Waals surface area contributed by atoms with E-state index >= 15 is 0 Å². The largest absolute Gasteiger partial charge is 0.497 e. The number of hydrogen-bond donors (Lipinski definition) is 2. The van der Waals surface area contributed by atoms with Gasteiger partial charge in [-0.1, -0.05) is 29.8 Å². The van der Waals surface area contributed by atoms with Crippen molar-refractivity contribution < 1.29 is 9.47 Å². The molecule has 114 valence electrons. The third kappa shape index (κ3) is 4.74. The Kier molecular flexibility index (Phi) is 7.51. The molecule has 0 heterocycles. The van der Waals surface area contributed by atoms with Crippen molar-refractivity contribution >= 4 is 15.9 Å². The predicted molar refractivity (Wildman–Crippen MR) is 85.8 cm³/mol. The normalized spacial score (nSPS) is 14.3. The van der Waals surface area contributed by atoms with Gasteiger partial charge < -0.3 is 9.47 Å². The highest BCUT2D eigenvalue weighted by Crippen LogP contribution is 2.25. The van der Waals surface area contributed by atoms with Gasteiger partial charge in [-0.15, -0.1) is 0 Å². The topological polar surface area (TPSA) is 56.5 Å². The Labute approximate surface area is 130 Å². The second-order valence-electron chi connectivity index (χ2n) is 5.10. The molecule has 20 heavy (non-hydrogen) atoms. The van der Waals surface area contributed by atoms with Gasteiger partial charge in [0.25, 0.3) is 0 Å². The molecule has 0 radical (unpaired) electrons. The van der Waals surface area contributed by atoms with E-state index in [9.17, 15) is 0 Å². The monoisotopic (exact) mass is 344 g/mol. The van der Waals surface area contributed by atoms with Crippen LogP contribution in [0.2, 0.25) is 0 Å². The van der Waals surface area contributed by atoms with Crippen LogP contribution in [0.1, 0.15) is 26.3 Å². The minimum absolute atomic E-state index is 0.0540. The van der Waals surface area contributed by atoms with Crippen LogP contribution in [0.4, 0.5) is 0 Å². The molecule has 0 aliphatic rings. The molecule has 2 atom stereocenters. The lowest BCUT2D eigenvalue weighted by atomic mass is 9.94. The summed E-state index contributed by atoms with van der Waals surface area (Å²) in [5, 5.41) is 0. The van der Waals surface area contributed by atoms with Crippen molar-refractivity contribution in [1.82, 2.24) is 5.43 Å². The first-order chi connectivity index (χ1) is 9.53. The van der Waals surface area contributed by atoms with Crippen LogP contribution in [0.5, 0.6) is 5.75 Å². The second kappa shape index (κ2) is 8.62. The molecule has 1 aromatic carbocycles. The number of halogens is 1. The maximum atomic E-state index is 5.84. The average molecular weight is 345 g/mol. The van der Waals surface area contributed by atoms with Gasteiger partial charge in [-0.05, 0) is 43.0 Å². The van der Waals surface area contributed by atoms with E-state index in [1.807, 2.05) is 25.1 Å². The number of methoxy groups -OCH3 is 1. The zero-order valence-corrected chi connectivity index (χ0v) is 14.2. The Morgan fingerprint density at radius 3 is 2.55 bits per heavy atom. The number of hydrogen-bond acceptors (Lipinski definition) is 4. The Balaban J connectivity index is 2.91. The number of benzene rings is 1. The maximum Gasteiger partial charge on any atom is 0.119 e. The van der Waals surface area contributed by atoms with E-state index in [1.165, 1.54) is 0 Å². The van der Waals surface area contributed by atoms with Crippen LogP contribution >= 0.6 is 15.9 Å². The summed E-state index contributed by atoms with van der Waals surface area (Å²) in [6, 6.07) is 6.00. The predicted octanol–water partition coefficient (Wildman–Crippen LogP) is 2.89. The molecule has 1 aromatic rings. The highest BCUT2D eigenvalue weighted by Gasteiger charge is 2.25. The Hall–Kier alpha value is -0.620. The molecule has 0 bridgehead atoms. The standard InChI is InChI=1S/C15H25BrN2O2/c1-5-20-15(10(2)3)14(18-17)9-11-8-12(19-4)6-7-13(11)16/h6-8,10,14-15,18H,5,9,17H2,1-4H3. The molecule has 4 nitrogen and oxygen atoms in total. The lowest BCUT2D eigenvalue weighted by molar-refractivity contribution is 0.00351. The van der Waals surface area contributed by atoms with Gasteiger partial charge in [-0.25, -0.2) is 0 Å². The molecule has 0 saturated carbocycles. The van der Waals surface area contributed by atoms with Gasteiger partial charge >= 0.3 is 0 Å². The number of hydrazine groups is 1. The smallest absolute Gasteiger partial charge is 0.119 e. The number of nitrogens with two attached hydrogens (primary N) is 1. The van der Waals surface area contributed by atoms with E-state index in [4.69, 9.17) is 15.3 Å². The number of rotatable bonds is 8. The molecular formula is C15H25BrN2O2. The zero-order valence-electron chi connectivity index (χ0n) is 12.7. The average Bonchev–Trinajstić information content (AvgIpc) is 2.44. The van der Waals surface area contributed by atoms with Crippen molar-refractivity contribution in [2.75, 3.05) is 13.7 Å². The molecule has 5 heteroatoms. The molecule has 0 aliphatic carbocycles. The summed E-state index contributed by atoms with van der Waals surface area (Å²) in [6.07, 6.45) is 0.847. The van der Waals surface area contributed by atoms with Crippen molar-refractivity contribution in [3.63, 3.8) is 0 Å². The van der Waals surface area contributed by atoms with Crippen LogP contribution in [-0.4, -0.2) is 25.9 Å². The molecule has 3 N–H and O–H groups in total. The Bertz CT molecular complexity index is 413. The van der Waals surface area contributed by atoms with Gasteiger partial charge in [0.15, 0.2) is 0 Å². The van der Waals surface area contributed by atoms with Crippen molar-refractivity contribution in [2.45, 2.75) is 39.3 Å². The quantitative estimate of drug-likeness (QED) is 0.562.